The first-order chi connectivity index (χ1) is 10.6. The molecule has 6 atom stereocenters. The molecular formula is C20H32O3. The molecule has 3 heteroatoms. The van der Waals surface area contributed by atoms with E-state index in [1.54, 1.807) is 0 Å². The van der Waals surface area contributed by atoms with E-state index in [0.29, 0.717) is 23.7 Å². The van der Waals surface area contributed by atoms with Gasteiger partial charge in [-0.3, -0.25) is 4.79 Å². The summed E-state index contributed by atoms with van der Waals surface area (Å²) in [4.78, 5) is 12.6. The molecule has 23 heavy (non-hydrogen) atoms. The van der Waals surface area contributed by atoms with Gasteiger partial charge in [-0.2, -0.15) is 0 Å². The SMILES string of the molecule is CCC(C(=O)OC1(C)C=C2CC3CC(C)(O)CC2C3C1)C(C)C. The van der Waals surface area contributed by atoms with Gasteiger partial charge in [-0.15, -0.1) is 0 Å². The Hall–Kier alpha value is -0.830. The Morgan fingerprint density at radius 2 is 2.04 bits per heavy atom. The third-order valence-corrected chi connectivity index (χ3v) is 6.47. The summed E-state index contributed by atoms with van der Waals surface area (Å²) >= 11 is 0. The van der Waals surface area contributed by atoms with Crippen molar-refractivity contribution in [2.24, 2.45) is 29.6 Å². The number of allylic oxidation sites excluding steroid dienone is 1. The zero-order valence-corrected chi connectivity index (χ0v) is 15.3. The van der Waals surface area contributed by atoms with Crippen molar-refractivity contribution >= 4 is 5.97 Å². The molecule has 2 fully saturated rings. The molecule has 3 aliphatic rings. The lowest BCUT2D eigenvalue weighted by Crippen LogP contribution is -2.45. The molecular weight excluding hydrogens is 288 g/mol. The van der Waals surface area contributed by atoms with E-state index < -0.39 is 11.2 Å². The van der Waals surface area contributed by atoms with Crippen molar-refractivity contribution in [2.45, 2.75) is 77.9 Å². The lowest BCUT2D eigenvalue weighted by atomic mass is 9.65. The number of aliphatic hydroxyl groups is 1. The van der Waals surface area contributed by atoms with Crippen LogP contribution in [0.5, 0.6) is 0 Å². The van der Waals surface area contributed by atoms with E-state index in [-0.39, 0.29) is 11.9 Å². The first kappa shape index (κ1) is 17.0. The van der Waals surface area contributed by atoms with E-state index in [4.69, 9.17) is 4.74 Å². The molecule has 130 valence electrons. The molecule has 6 unspecified atom stereocenters. The molecule has 0 radical (unpaired) electrons. The van der Waals surface area contributed by atoms with Crippen LogP contribution in [0.15, 0.2) is 11.6 Å². The van der Waals surface area contributed by atoms with Gasteiger partial charge in [0.1, 0.15) is 5.60 Å². The summed E-state index contributed by atoms with van der Waals surface area (Å²) < 4.78 is 6.01. The van der Waals surface area contributed by atoms with Crippen LogP contribution in [0.3, 0.4) is 0 Å². The van der Waals surface area contributed by atoms with E-state index in [1.807, 2.05) is 6.92 Å². The van der Waals surface area contributed by atoms with E-state index in [2.05, 4.69) is 33.8 Å². The Kier molecular flexibility index (Phi) is 4.15. The highest BCUT2D eigenvalue weighted by molar-refractivity contribution is 5.73. The zero-order valence-electron chi connectivity index (χ0n) is 15.3. The van der Waals surface area contributed by atoms with Crippen LogP contribution in [0.25, 0.3) is 0 Å². The Morgan fingerprint density at radius 1 is 1.35 bits per heavy atom. The van der Waals surface area contributed by atoms with Gasteiger partial charge in [-0.25, -0.2) is 0 Å². The van der Waals surface area contributed by atoms with E-state index in [0.717, 1.165) is 32.1 Å². The second-order valence-corrected chi connectivity index (χ2v) is 9.06. The van der Waals surface area contributed by atoms with Crippen LogP contribution in [0.2, 0.25) is 0 Å². The second-order valence-electron chi connectivity index (χ2n) is 9.06. The maximum absolute atomic E-state index is 12.6. The van der Waals surface area contributed by atoms with Gasteiger partial charge in [0.15, 0.2) is 0 Å². The van der Waals surface area contributed by atoms with Crippen LogP contribution >= 0.6 is 0 Å². The average Bonchev–Trinajstić information content (AvgIpc) is 2.55. The maximum atomic E-state index is 12.6. The van der Waals surface area contributed by atoms with Crippen LogP contribution in [0, 0.1) is 29.6 Å². The molecule has 3 nitrogen and oxygen atoms in total. The number of rotatable bonds is 4. The first-order valence-electron chi connectivity index (χ1n) is 9.31. The van der Waals surface area contributed by atoms with Crippen LogP contribution < -0.4 is 0 Å². The molecule has 2 saturated carbocycles. The second kappa shape index (κ2) is 5.61. The number of carbonyl (C=O) groups excluding carboxylic acids is 1. The van der Waals surface area contributed by atoms with Gasteiger partial charge in [0.2, 0.25) is 0 Å². The molecule has 0 amide bonds. The third-order valence-electron chi connectivity index (χ3n) is 6.47. The predicted molar refractivity (Wildman–Crippen MR) is 90.8 cm³/mol. The monoisotopic (exact) mass is 320 g/mol. The highest BCUT2D eigenvalue weighted by Crippen LogP contribution is 2.59. The van der Waals surface area contributed by atoms with Crippen molar-refractivity contribution in [1.29, 1.82) is 0 Å². The fraction of sp³-hybridized carbons (Fsp3) is 0.850. The summed E-state index contributed by atoms with van der Waals surface area (Å²) in [5.74, 6) is 1.90. The molecule has 0 aromatic rings. The largest absolute Gasteiger partial charge is 0.455 e. The summed E-state index contributed by atoms with van der Waals surface area (Å²) in [7, 11) is 0. The van der Waals surface area contributed by atoms with Gasteiger partial charge < -0.3 is 9.84 Å². The molecule has 1 N–H and O–H groups in total. The lowest BCUT2D eigenvalue weighted by molar-refractivity contribution is -0.164. The van der Waals surface area contributed by atoms with E-state index in [1.165, 1.54) is 5.57 Å². The van der Waals surface area contributed by atoms with Crippen molar-refractivity contribution < 1.29 is 14.6 Å². The molecule has 0 aromatic heterocycles. The molecule has 0 saturated heterocycles. The zero-order chi connectivity index (χ0) is 17.0. The standard InChI is InChI=1S/C20H32O3/c1-6-15(12(2)3)18(21)23-20(5)9-14-7-13-8-19(4,22)10-16(14)17(13)11-20/h9,12-13,15-17,22H,6-8,10-11H2,1-5H3. The summed E-state index contributed by atoms with van der Waals surface area (Å²) in [6.45, 7) is 10.3. The van der Waals surface area contributed by atoms with Gasteiger partial charge in [-0.1, -0.05) is 26.3 Å². The summed E-state index contributed by atoms with van der Waals surface area (Å²) in [5, 5.41) is 10.4. The number of hydrogen-bond acceptors (Lipinski definition) is 3. The van der Waals surface area contributed by atoms with Gasteiger partial charge in [0.05, 0.1) is 11.5 Å². The Balaban J connectivity index is 1.76. The number of esters is 1. The third kappa shape index (κ3) is 3.09. The number of ether oxygens (including phenoxy) is 1. The normalized spacial score (nSPS) is 43.3. The minimum absolute atomic E-state index is 0.00922. The molecule has 3 aliphatic carbocycles. The van der Waals surface area contributed by atoms with Crippen LogP contribution in [-0.2, 0) is 9.53 Å². The quantitative estimate of drug-likeness (QED) is 0.626. The van der Waals surface area contributed by atoms with Crippen LogP contribution in [-0.4, -0.2) is 22.3 Å². The minimum atomic E-state index is -0.517. The first-order valence-corrected chi connectivity index (χ1v) is 9.31. The Labute approximate surface area is 140 Å². The van der Waals surface area contributed by atoms with E-state index in [9.17, 15) is 9.90 Å². The highest BCUT2D eigenvalue weighted by atomic mass is 16.6. The predicted octanol–water partition coefficient (Wildman–Crippen LogP) is 4.10. The lowest BCUT2D eigenvalue weighted by Gasteiger charge is -2.44. The molecule has 0 heterocycles. The van der Waals surface area contributed by atoms with Gasteiger partial charge in [0, 0.05) is 0 Å². The molecule has 0 spiro atoms. The Bertz CT molecular complexity index is 519. The van der Waals surface area contributed by atoms with Gasteiger partial charge in [0.25, 0.3) is 0 Å². The fourth-order valence-corrected chi connectivity index (χ4v) is 5.52. The summed E-state index contributed by atoms with van der Waals surface area (Å²) in [5.41, 5.74) is 0.460. The topological polar surface area (TPSA) is 46.5 Å². The van der Waals surface area contributed by atoms with Gasteiger partial charge >= 0.3 is 5.97 Å². The van der Waals surface area contributed by atoms with Crippen LogP contribution in [0.1, 0.15) is 66.7 Å². The molecule has 3 rings (SSSR count). The van der Waals surface area contributed by atoms with Crippen molar-refractivity contribution in [3.05, 3.63) is 11.6 Å². The smallest absolute Gasteiger partial charge is 0.310 e. The summed E-state index contributed by atoms with van der Waals surface area (Å²) in [6.07, 6.45) is 6.82. The van der Waals surface area contributed by atoms with Crippen molar-refractivity contribution in [1.82, 2.24) is 0 Å². The van der Waals surface area contributed by atoms with Crippen molar-refractivity contribution in [3.63, 3.8) is 0 Å². The van der Waals surface area contributed by atoms with Crippen molar-refractivity contribution in [3.8, 4) is 0 Å². The molecule has 0 aromatic carbocycles. The summed E-state index contributed by atoms with van der Waals surface area (Å²) in [6, 6.07) is 0. The maximum Gasteiger partial charge on any atom is 0.310 e. The van der Waals surface area contributed by atoms with Crippen molar-refractivity contribution in [2.75, 3.05) is 0 Å². The average molecular weight is 320 g/mol. The Morgan fingerprint density at radius 3 is 2.65 bits per heavy atom. The minimum Gasteiger partial charge on any atom is -0.455 e. The molecule has 4 bridgehead atoms. The number of hydrogen-bond donors (Lipinski definition) is 1. The van der Waals surface area contributed by atoms with Gasteiger partial charge in [-0.05, 0) is 75.7 Å². The number of carbonyl (C=O) groups is 1. The fourth-order valence-electron chi connectivity index (χ4n) is 5.52. The highest BCUT2D eigenvalue weighted by Gasteiger charge is 2.54. The van der Waals surface area contributed by atoms with E-state index >= 15 is 0 Å². The molecule has 0 aliphatic heterocycles. The van der Waals surface area contributed by atoms with Crippen LogP contribution in [0.4, 0.5) is 0 Å².